The highest BCUT2D eigenvalue weighted by atomic mass is 32.1. The number of fused-ring (bicyclic) bond motifs is 1. The topological polar surface area (TPSA) is 50.3 Å². The maximum Gasteiger partial charge on any atom is 0.147 e. The number of thiophene rings is 1. The zero-order valence-electron chi connectivity index (χ0n) is 11.3. The second-order valence-corrected chi connectivity index (χ2v) is 6.37. The SMILES string of the molecule is c1nc(NCC2CN(C3CC3)CCO2)c2sccc2n1. The summed E-state index contributed by atoms with van der Waals surface area (Å²) in [6, 6.07) is 2.85. The van der Waals surface area contributed by atoms with Crippen molar-refractivity contribution in [1.29, 1.82) is 0 Å². The Morgan fingerprint density at radius 3 is 3.25 bits per heavy atom. The van der Waals surface area contributed by atoms with Crippen molar-refractivity contribution in [2.45, 2.75) is 25.0 Å². The van der Waals surface area contributed by atoms with E-state index in [4.69, 9.17) is 4.74 Å². The van der Waals surface area contributed by atoms with Crippen LogP contribution in [0.4, 0.5) is 5.82 Å². The highest BCUT2D eigenvalue weighted by molar-refractivity contribution is 7.17. The van der Waals surface area contributed by atoms with Crippen LogP contribution in [0.15, 0.2) is 17.8 Å². The summed E-state index contributed by atoms with van der Waals surface area (Å²) in [4.78, 5) is 11.2. The van der Waals surface area contributed by atoms with Crippen LogP contribution in [0.1, 0.15) is 12.8 Å². The van der Waals surface area contributed by atoms with E-state index in [1.54, 1.807) is 17.7 Å². The molecule has 1 atom stereocenters. The van der Waals surface area contributed by atoms with Gasteiger partial charge in [-0.25, -0.2) is 9.97 Å². The molecule has 0 bridgehead atoms. The van der Waals surface area contributed by atoms with Gasteiger partial charge in [0.25, 0.3) is 0 Å². The molecular formula is C14H18N4OS. The molecule has 2 aromatic heterocycles. The van der Waals surface area contributed by atoms with E-state index >= 15 is 0 Å². The van der Waals surface area contributed by atoms with E-state index in [0.717, 1.165) is 48.3 Å². The summed E-state index contributed by atoms with van der Waals surface area (Å²) >= 11 is 1.68. The maximum atomic E-state index is 5.86. The van der Waals surface area contributed by atoms with Crippen LogP contribution >= 0.6 is 11.3 Å². The quantitative estimate of drug-likeness (QED) is 0.933. The summed E-state index contributed by atoms with van der Waals surface area (Å²) in [5, 5.41) is 5.48. The molecule has 0 spiro atoms. The predicted octanol–water partition coefficient (Wildman–Crippen LogP) is 1.97. The number of aromatic nitrogens is 2. The summed E-state index contributed by atoms with van der Waals surface area (Å²) in [5.41, 5.74) is 1.01. The van der Waals surface area contributed by atoms with Crippen LogP contribution < -0.4 is 5.32 Å². The van der Waals surface area contributed by atoms with E-state index < -0.39 is 0 Å². The third kappa shape index (κ3) is 2.51. The molecule has 2 fully saturated rings. The van der Waals surface area contributed by atoms with Gasteiger partial charge in [0.05, 0.1) is 22.9 Å². The zero-order chi connectivity index (χ0) is 13.4. The molecule has 0 radical (unpaired) electrons. The van der Waals surface area contributed by atoms with Gasteiger partial charge in [-0.1, -0.05) is 0 Å². The predicted molar refractivity (Wildman–Crippen MR) is 80.2 cm³/mol. The number of rotatable bonds is 4. The Balaban J connectivity index is 1.41. The molecule has 1 aliphatic heterocycles. The molecule has 0 aromatic carbocycles. The minimum atomic E-state index is 0.259. The lowest BCUT2D eigenvalue weighted by Crippen LogP contribution is -2.46. The summed E-state index contributed by atoms with van der Waals surface area (Å²) in [5.74, 6) is 0.928. The van der Waals surface area contributed by atoms with Crippen LogP contribution in [-0.4, -0.2) is 53.3 Å². The fourth-order valence-corrected chi connectivity index (χ4v) is 3.57. The summed E-state index contributed by atoms with van der Waals surface area (Å²) in [6.45, 7) is 3.79. The third-order valence-corrected chi connectivity index (χ3v) is 4.88. The average molecular weight is 290 g/mol. The van der Waals surface area contributed by atoms with Gasteiger partial charge in [-0.2, -0.15) is 0 Å². The molecule has 0 amide bonds. The highest BCUT2D eigenvalue weighted by Crippen LogP contribution is 2.28. The van der Waals surface area contributed by atoms with Crippen LogP contribution in [0.2, 0.25) is 0 Å². The molecule has 4 rings (SSSR count). The second-order valence-electron chi connectivity index (χ2n) is 5.46. The normalized spacial score (nSPS) is 24.1. The van der Waals surface area contributed by atoms with Gasteiger partial charge in [0, 0.05) is 25.7 Å². The molecule has 1 N–H and O–H groups in total. The van der Waals surface area contributed by atoms with Crippen molar-refractivity contribution < 1.29 is 4.74 Å². The van der Waals surface area contributed by atoms with Gasteiger partial charge in [-0.15, -0.1) is 11.3 Å². The van der Waals surface area contributed by atoms with Crippen molar-refractivity contribution in [3.8, 4) is 0 Å². The van der Waals surface area contributed by atoms with Gasteiger partial charge in [-0.05, 0) is 24.3 Å². The molecule has 1 unspecified atom stereocenters. The first-order valence-electron chi connectivity index (χ1n) is 7.18. The number of anilines is 1. The van der Waals surface area contributed by atoms with Gasteiger partial charge < -0.3 is 10.1 Å². The van der Waals surface area contributed by atoms with E-state index in [2.05, 4.69) is 25.6 Å². The second kappa shape index (κ2) is 5.27. The molecule has 1 saturated carbocycles. The first-order valence-corrected chi connectivity index (χ1v) is 8.06. The number of nitrogens with one attached hydrogen (secondary N) is 1. The van der Waals surface area contributed by atoms with E-state index in [-0.39, 0.29) is 6.10 Å². The summed E-state index contributed by atoms with van der Waals surface area (Å²) in [6.07, 6.45) is 4.61. The van der Waals surface area contributed by atoms with Crippen LogP contribution in [0.5, 0.6) is 0 Å². The number of ether oxygens (including phenoxy) is 1. The third-order valence-electron chi connectivity index (χ3n) is 3.97. The summed E-state index contributed by atoms with van der Waals surface area (Å²) in [7, 11) is 0. The monoisotopic (exact) mass is 290 g/mol. The first kappa shape index (κ1) is 12.5. The Morgan fingerprint density at radius 1 is 1.40 bits per heavy atom. The number of hydrogen-bond donors (Lipinski definition) is 1. The Morgan fingerprint density at radius 2 is 2.35 bits per heavy atom. The largest absolute Gasteiger partial charge is 0.374 e. The zero-order valence-corrected chi connectivity index (χ0v) is 12.1. The van der Waals surface area contributed by atoms with Crippen LogP contribution in [0.3, 0.4) is 0 Å². The van der Waals surface area contributed by atoms with E-state index in [9.17, 15) is 0 Å². The molecule has 3 heterocycles. The molecule has 6 heteroatoms. The van der Waals surface area contributed by atoms with E-state index in [1.165, 1.54) is 12.8 Å². The van der Waals surface area contributed by atoms with Crippen molar-refractivity contribution in [2.75, 3.05) is 31.6 Å². The van der Waals surface area contributed by atoms with Crippen LogP contribution in [-0.2, 0) is 4.74 Å². The maximum absolute atomic E-state index is 5.86. The number of morpholine rings is 1. The van der Waals surface area contributed by atoms with Crippen molar-refractivity contribution in [2.24, 2.45) is 0 Å². The van der Waals surface area contributed by atoms with E-state index in [1.807, 2.05) is 6.07 Å². The van der Waals surface area contributed by atoms with Gasteiger partial charge in [0.2, 0.25) is 0 Å². The lowest BCUT2D eigenvalue weighted by molar-refractivity contribution is -0.0241. The molecule has 106 valence electrons. The molecule has 2 aromatic rings. The Hall–Kier alpha value is -1.24. The molecule has 1 saturated heterocycles. The van der Waals surface area contributed by atoms with Crippen molar-refractivity contribution in [1.82, 2.24) is 14.9 Å². The smallest absolute Gasteiger partial charge is 0.147 e. The lowest BCUT2D eigenvalue weighted by Gasteiger charge is -2.33. The summed E-state index contributed by atoms with van der Waals surface area (Å²) < 4.78 is 6.98. The van der Waals surface area contributed by atoms with Crippen LogP contribution in [0.25, 0.3) is 10.2 Å². The molecule has 2 aliphatic rings. The van der Waals surface area contributed by atoms with Crippen molar-refractivity contribution in [3.05, 3.63) is 17.8 Å². The first-order chi connectivity index (χ1) is 9.90. The number of nitrogens with zero attached hydrogens (tertiary/aromatic N) is 3. The minimum absolute atomic E-state index is 0.259. The Labute approximate surface area is 122 Å². The molecule has 5 nitrogen and oxygen atoms in total. The van der Waals surface area contributed by atoms with Gasteiger partial charge in [-0.3, -0.25) is 4.90 Å². The fourth-order valence-electron chi connectivity index (χ4n) is 2.76. The Bertz CT molecular complexity index is 598. The van der Waals surface area contributed by atoms with Gasteiger partial charge in [0.15, 0.2) is 0 Å². The van der Waals surface area contributed by atoms with Crippen molar-refractivity contribution >= 4 is 27.4 Å². The highest BCUT2D eigenvalue weighted by Gasteiger charge is 2.32. The lowest BCUT2D eigenvalue weighted by atomic mass is 10.2. The van der Waals surface area contributed by atoms with Crippen molar-refractivity contribution in [3.63, 3.8) is 0 Å². The average Bonchev–Trinajstić information content (AvgIpc) is 3.23. The standard InChI is InChI=1S/C14H18N4OS/c1-2-10(1)18-4-5-19-11(8-18)7-15-14-13-12(3-6-20-13)16-9-17-14/h3,6,9-11H,1-2,4-5,7-8H2,(H,15,16,17). The van der Waals surface area contributed by atoms with Gasteiger partial charge in [0.1, 0.15) is 12.1 Å². The minimum Gasteiger partial charge on any atom is -0.374 e. The fraction of sp³-hybridized carbons (Fsp3) is 0.571. The van der Waals surface area contributed by atoms with E-state index in [0.29, 0.717) is 0 Å². The van der Waals surface area contributed by atoms with Gasteiger partial charge >= 0.3 is 0 Å². The molecule has 1 aliphatic carbocycles. The molecular weight excluding hydrogens is 272 g/mol. The van der Waals surface area contributed by atoms with Crippen LogP contribution in [0, 0.1) is 0 Å². The molecule has 20 heavy (non-hydrogen) atoms. The number of hydrogen-bond acceptors (Lipinski definition) is 6. The Kier molecular flexibility index (Phi) is 3.29.